The summed E-state index contributed by atoms with van der Waals surface area (Å²) in [5.74, 6) is -1.27. The lowest BCUT2D eigenvalue weighted by Gasteiger charge is -2.34. The summed E-state index contributed by atoms with van der Waals surface area (Å²) < 4.78 is 64.1. The van der Waals surface area contributed by atoms with Crippen LogP contribution in [0.1, 0.15) is 34.3 Å². The van der Waals surface area contributed by atoms with E-state index < -0.39 is 36.2 Å². The fourth-order valence-electron chi connectivity index (χ4n) is 4.20. The molecule has 5 N–H and O–H groups in total. The van der Waals surface area contributed by atoms with E-state index in [1.165, 1.54) is 57.7 Å². The minimum Gasteiger partial charge on any atom is -0.385 e. The molecule has 3 aromatic rings. The number of aromatic nitrogens is 2. The topological polar surface area (TPSA) is 155 Å². The molecule has 0 spiro atoms. The van der Waals surface area contributed by atoms with Gasteiger partial charge in [-0.1, -0.05) is 24.3 Å². The first-order chi connectivity index (χ1) is 19.4. The third-order valence-corrected chi connectivity index (χ3v) is 8.24. The zero-order valence-electron chi connectivity index (χ0n) is 22.5. The summed E-state index contributed by atoms with van der Waals surface area (Å²) >= 11 is 0. The highest BCUT2D eigenvalue weighted by molar-refractivity contribution is 7.53. The number of nitrogens with zero attached hydrogens (tertiary/aromatic N) is 2. The van der Waals surface area contributed by atoms with Gasteiger partial charge < -0.3 is 35.2 Å². The Morgan fingerprint density at radius 2 is 1.59 bits per heavy atom. The van der Waals surface area contributed by atoms with Crippen LogP contribution in [-0.4, -0.2) is 60.1 Å². The van der Waals surface area contributed by atoms with Gasteiger partial charge in [-0.05, 0) is 42.7 Å². The van der Waals surface area contributed by atoms with Crippen LogP contribution in [0.2, 0.25) is 0 Å². The molecule has 0 aliphatic rings. The van der Waals surface area contributed by atoms with Gasteiger partial charge in [0, 0.05) is 46.4 Å². The molecule has 11 nitrogen and oxygen atoms in total. The van der Waals surface area contributed by atoms with Crippen molar-refractivity contribution in [1.82, 2.24) is 15.3 Å². The van der Waals surface area contributed by atoms with Gasteiger partial charge in [0.15, 0.2) is 0 Å². The van der Waals surface area contributed by atoms with Gasteiger partial charge in [0.05, 0.1) is 11.3 Å². The van der Waals surface area contributed by atoms with E-state index in [0.717, 1.165) is 0 Å². The second kappa shape index (κ2) is 13.4. The lowest BCUT2D eigenvalue weighted by molar-refractivity contribution is -0.137. The highest BCUT2D eigenvalue weighted by Gasteiger charge is 2.47. The number of amides is 1. The number of carbonyl (C=O) groups is 1. The maximum absolute atomic E-state index is 13.8. The van der Waals surface area contributed by atoms with Crippen LogP contribution in [0.15, 0.2) is 54.7 Å². The van der Waals surface area contributed by atoms with Crippen LogP contribution in [0.4, 0.5) is 36.3 Å². The highest BCUT2D eigenvalue weighted by Crippen LogP contribution is 2.61. The van der Waals surface area contributed by atoms with Gasteiger partial charge in [-0.15, -0.1) is 0 Å². The number of alkyl halides is 3. The van der Waals surface area contributed by atoms with Gasteiger partial charge >= 0.3 is 13.8 Å². The number of anilines is 4. The quantitative estimate of drug-likeness (QED) is 0.174. The number of methoxy groups -OCH3 is 2. The van der Waals surface area contributed by atoms with E-state index in [1.807, 2.05) is 0 Å². The van der Waals surface area contributed by atoms with Gasteiger partial charge in [-0.2, -0.15) is 18.2 Å². The van der Waals surface area contributed by atoms with Crippen LogP contribution in [-0.2, 0) is 25.4 Å². The first kappa shape index (κ1) is 32.0. The van der Waals surface area contributed by atoms with Crippen LogP contribution in [0.5, 0.6) is 0 Å². The van der Waals surface area contributed by atoms with E-state index in [1.54, 1.807) is 12.1 Å². The summed E-state index contributed by atoms with van der Waals surface area (Å²) in [5, 5.41) is 6.26. The maximum atomic E-state index is 13.8. The predicted molar refractivity (Wildman–Crippen MR) is 147 cm³/mol. The highest BCUT2D eigenvalue weighted by atomic mass is 31.2. The number of hydrogen-bond acceptors (Lipinski definition) is 8. The van der Waals surface area contributed by atoms with E-state index in [2.05, 4.69) is 25.9 Å². The molecule has 0 aliphatic carbocycles. The molecule has 1 amide bonds. The Balaban J connectivity index is 1.96. The van der Waals surface area contributed by atoms with Gasteiger partial charge in [0.25, 0.3) is 5.91 Å². The molecule has 2 aromatic carbocycles. The standard InChI is InChI=1S/C26H31F3N5O6P/c1-30-23(35)19-6-4-5-7-21(19)33-22-20(26(27,28)29)16-31-24(34-22)32-18-10-8-17(9-11-18)25(12-14-39-2,13-15-40-3)41(36,37)38/h4-11,16H,12-15H2,1-3H3,(H,30,35)(H2,36,37,38)(H2,31,32,33,34). The fraction of sp³-hybridized carbons (Fsp3) is 0.346. The molecular weight excluding hydrogens is 566 g/mol. The summed E-state index contributed by atoms with van der Waals surface area (Å²) in [4.78, 5) is 40.6. The normalized spacial score (nSPS) is 12.2. The molecule has 0 fully saturated rings. The number of hydrogen-bond donors (Lipinski definition) is 5. The lowest BCUT2D eigenvalue weighted by Crippen LogP contribution is -2.29. The molecule has 1 aromatic heterocycles. The second-order valence-corrected chi connectivity index (χ2v) is 10.9. The van der Waals surface area contributed by atoms with Gasteiger partial charge in [-0.3, -0.25) is 9.36 Å². The minimum absolute atomic E-state index is 0.0263. The lowest BCUT2D eigenvalue weighted by atomic mass is 9.91. The van der Waals surface area contributed by atoms with Crippen LogP contribution in [0.3, 0.4) is 0 Å². The molecule has 0 aliphatic heterocycles. The monoisotopic (exact) mass is 597 g/mol. The summed E-state index contributed by atoms with van der Waals surface area (Å²) in [6, 6.07) is 12.1. The predicted octanol–water partition coefficient (Wildman–Crippen LogP) is 4.79. The Labute approximate surface area is 234 Å². The Morgan fingerprint density at radius 3 is 2.12 bits per heavy atom. The van der Waals surface area contributed by atoms with Crippen molar-refractivity contribution in [2.45, 2.75) is 24.2 Å². The largest absolute Gasteiger partial charge is 0.421 e. The Hall–Kier alpha value is -3.55. The van der Waals surface area contributed by atoms with Crippen molar-refractivity contribution in [2.24, 2.45) is 0 Å². The summed E-state index contributed by atoms with van der Waals surface area (Å²) in [5.41, 5.74) is -0.238. The first-order valence-electron chi connectivity index (χ1n) is 12.3. The molecule has 0 unspecified atom stereocenters. The molecule has 41 heavy (non-hydrogen) atoms. The van der Waals surface area contributed by atoms with Gasteiger partial charge in [0.2, 0.25) is 5.95 Å². The van der Waals surface area contributed by atoms with E-state index >= 15 is 0 Å². The molecule has 0 saturated heterocycles. The van der Waals surface area contributed by atoms with E-state index in [9.17, 15) is 32.3 Å². The van der Waals surface area contributed by atoms with E-state index in [4.69, 9.17) is 9.47 Å². The van der Waals surface area contributed by atoms with Crippen molar-refractivity contribution in [2.75, 3.05) is 45.1 Å². The molecule has 222 valence electrons. The van der Waals surface area contributed by atoms with E-state index in [0.29, 0.717) is 17.4 Å². The molecule has 15 heteroatoms. The smallest absolute Gasteiger partial charge is 0.385 e. The minimum atomic E-state index is -4.79. The average Bonchev–Trinajstić information content (AvgIpc) is 2.92. The molecule has 0 bridgehead atoms. The van der Waals surface area contributed by atoms with Crippen molar-refractivity contribution in [3.63, 3.8) is 0 Å². The van der Waals surface area contributed by atoms with Crippen molar-refractivity contribution >= 4 is 36.6 Å². The van der Waals surface area contributed by atoms with Crippen LogP contribution >= 0.6 is 7.60 Å². The fourth-order valence-corrected chi connectivity index (χ4v) is 5.46. The van der Waals surface area contributed by atoms with Crippen LogP contribution in [0.25, 0.3) is 0 Å². The van der Waals surface area contributed by atoms with Crippen LogP contribution in [0, 0.1) is 0 Å². The van der Waals surface area contributed by atoms with Crippen molar-refractivity contribution in [1.29, 1.82) is 0 Å². The number of ether oxygens (including phenoxy) is 2. The third-order valence-electron chi connectivity index (χ3n) is 6.42. The van der Waals surface area contributed by atoms with Crippen molar-refractivity contribution in [3.05, 3.63) is 71.4 Å². The van der Waals surface area contributed by atoms with Gasteiger partial charge in [0.1, 0.15) is 16.5 Å². The number of halogens is 3. The molecule has 0 radical (unpaired) electrons. The SMILES string of the molecule is CNC(=O)c1ccccc1Nc1nc(Nc2ccc(C(CCOC)(CCOC)P(=O)(O)O)cc2)ncc1C(F)(F)F. The molecule has 3 rings (SSSR count). The maximum Gasteiger partial charge on any atom is 0.421 e. The summed E-state index contributed by atoms with van der Waals surface area (Å²) in [6.07, 6.45) is -4.12. The van der Waals surface area contributed by atoms with E-state index in [-0.39, 0.29) is 43.3 Å². The Bertz CT molecular complexity index is 1380. The second-order valence-electron chi connectivity index (χ2n) is 8.97. The third kappa shape index (κ3) is 7.60. The van der Waals surface area contributed by atoms with Crippen molar-refractivity contribution in [3.8, 4) is 0 Å². The number of nitrogens with one attached hydrogen (secondary N) is 3. The number of benzene rings is 2. The molecule has 0 saturated carbocycles. The number of carbonyl (C=O) groups excluding carboxylic acids is 1. The Morgan fingerprint density at radius 1 is 0.976 bits per heavy atom. The number of rotatable bonds is 13. The molecule has 1 heterocycles. The number of para-hydroxylation sites is 1. The summed E-state index contributed by atoms with van der Waals surface area (Å²) in [6.45, 7) is 0.181. The summed E-state index contributed by atoms with van der Waals surface area (Å²) in [7, 11) is -0.436. The van der Waals surface area contributed by atoms with Crippen molar-refractivity contribution < 1.29 is 41.8 Å². The zero-order chi connectivity index (χ0) is 30.3. The molecule has 0 atom stereocenters. The Kier molecular flexibility index (Phi) is 10.5. The van der Waals surface area contributed by atoms with Crippen LogP contribution < -0.4 is 16.0 Å². The first-order valence-corrected chi connectivity index (χ1v) is 13.9. The average molecular weight is 598 g/mol. The van der Waals surface area contributed by atoms with Gasteiger partial charge in [-0.25, -0.2) is 4.98 Å². The zero-order valence-corrected chi connectivity index (χ0v) is 23.4. The molecular formula is C26H31F3N5O6P.